The van der Waals surface area contributed by atoms with Gasteiger partial charge in [0.25, 0.3) is 0 Å². The fourth-order valence-electron chi connectivity index (χ4n) is 5.42. The number of rotatable bonds is 5. The van der Waals surface area contributed by atoms with Gasteiger partial charge in [-0.15, -0.1) is 6.58 Å². The lowest BCUT2D eigenvalue weighted by Gasteiger charge is -2.28. The van der Waals surface area contributed by atoms with Crippen molar-refractivity contribution in [1.82, 2.24) is 0 Å². The van der Waals surface area contributed by atoms with Crippen LogP contribution in [0.15, 0.2) is 85.5 Å². The van der Waals surface area contributed by atoms with Gasteiger partial charge in [-0.3, -0.25) is 0 Å². The van der Waals surface area contributed by atoms with Crippen LogP contribution in [0, 0.1) is 26.7 Å². The van der Waals surface area contributed by atoms with Crippen LogP contribution in [0.25, 0.3) is 10.8 Å². The summed E-state index contributed by atoms with van der Waals surface area (Å²) in [4.78, 5) is 2.49. The summed E-state index contributed by atoms with van der Waals surface area (Å²) in [5.41, 5.74) is 6.80. The van der Waals surface area contributed by atoms with Gasteiger partial charge in [0.05, 0.1) is 0 Å². The van der Waals surface area contributed by atoms with Gasteiger partial charge in [0, 0.05) is 18.8 Å². The molecule has 2 fully saturated rings. The van der Waals surface area contributed by atoms with E-state index in [1.165, 1.54) is 122 Å². The van der Waals surface area contributed by atoms with Crippen LogP contribution in [0.4, 0.5) is 5.69 Å². The molecule has 1 nitrogen and oxygen atoms in total. The van der Waals surface area contributed by atoms with Crippen molar-refractivity contribution in [2.75, 3.05) is 18.0 Å². The average molecular weight is 628 g/mol. The zero-order valence-corrected chi connectivity index (χ0v) is 31.9. The zero-order valence-electron chi connectivity index (χ0n) is 31.9. The summed E-state index contributed by atoms with van der Waals surface area (Å²) in [6, 6.07) is 21.8. The number of unbranched alkanes of at least 4 members (excludes halogenated alkanes) is 2. The van der Waals surface area contributed by atoms with E-state index < -0.39 is 0 Å². The standard InChI is InChI=1S/C12H17N.C12H12.C7H14.C6H12.C5H12.C3H6/c1-11-5-7-12(8-6-11)13-9-3-2-4-10-13;1-9-7-8-10(2)12-6-4-3-5-11(9)12;1-7-5-3-2-4-6-7;1-4-6(3)5-2;1-3-5-4-2;1-3-2/h5-8H,2-4,9-10H2,1H3;3-8H,1-2H3;7H,2-6H2,1H3;3-5H2,1-2H3;3-5H2,1-2H3;3H,1H2,2H3. The summed E-state index contributed by atoms with van der Waals surface area (Å²) < 4.78 is 0. The maximum absolute atomic E-state index is 3.79. The predicted octanol–water partition coefficient (Wildman–Crippen LogP) is 14.8. The highest BCUT2D eigenvalue weighted by atomic mass is 15.1. The van der Waals surface area contributed by atoms with Crippen LogP contribution in [-0.4, -0.2) is 13.1 Å². The Morgan fingerprint density at radius 1 is 0.696 bits per heavy atom. The highest BCUT2D eigenvalue weighted by Crippen LogP contribution is 2.23. The van der Waals surface area contributed by atoms with Gasteiger partial charge in [-0.25, -0.2) is 0 Å². The van der Waals surface area contributed by atoms with Crippen molar-refractivity contribution in [1.29, 1.82) is 0 Å². The van der Waals surface area contributed by atoms with Gasteiger partial charge in [-0.2, -0.15) is 0 Å². The van der Waals surface area contributed by atoms with E-state index in [0.29, 0.717) is 0 Å². The average Bonchev–Trinajstić information content (AvgIpc) is 3.09. The van der Waals surface area contributed by atoms with E-state index in [-0.39, 0.29) is 0 Å². The minimum atomic E-state index is 1.04. The quantitative estimate of drug-likeness (QED) is 0.254. The number of nitrogens with zero attached hydrogens (tertiary/aromatic N) is 1. The fourth-order valence-corrected chi connectivity index (χ4v) is 5.42. The molecule has 1 saturated carbocycles. The number of fused-ring (bicyclic) bond motifs is 1. The second-order valence-electron chi connectivity index (χ2n) is 13.1. The molecule has 1 aliphatic heterocycles. The third kappa shape index (κ3) is 20.3. The highest BCUT2D eigenvalue weighted by Gasteiger charge is 2.09. The minimum absolute atomic E-state index is 1.04. The van der Waals surface area contributed by atoms with Crippen LogP contribution in [-0.2, 0) is 0 Å². The van der Waals surface area contributed by atoms with Crippen molar-refractivity contribution in [2.24, 2.45) is 5.92 Å². The molecule has 46 heavy (non-hydrogen) atoms. The molecule has 3 aromatic rings. The van der Waals surface area contributed by atoms with E-state index in [1.54, 1.807) is 6.08 Å². The van der Waals surface area contributed by atoms with Crippen molar-refractivity contribution in [3.63, 3.8) is 0 Å². The van der Waals surface area contributed by atoms with E-state index in [0.717, 1.165) is 18.8 Å². The number of anilines is 1. The number of hydrogen-bond donors (Lipinski definition) is 0. The topological polar surface area (TPSA) is 3.24 Å². The SMILES string of the molecule is C=C(CC)CC.C=CC.CC1CCCCC1.CCCCC.Cc1ccc(C)c2ccccc12.Cc1ccc(N2CCCCC2)cc1. The van der Waals surface area contributed by atoms with E-state index in [2.05, 4.69) is 134 Å². The molecule has 1 saturated heterocycles. The third-order valence-electron chi connectivity index (χ3n) is 8.72. The first kappa shape index (κ1) is 43.2. The van der Waals surface area contributed by atoms with Crippen molar-refractivity contribution < 1.29 is 0 Å². The lowest BCUT2D eigenvalue weighted by atomic mass is 9.91. The van der Waals surface area contributed by atoms with Gasteiger partial charge in [0.1, 0.15) is 0 Å². The number of benzene rings is 3. The van der Waals surface area contributed by atoms with Crippen molar-refractivity contribution in [3.8, 4) is 0 Å². The monoisotopic (exact) mass is 628 g/mol. The van der Waals surface area contributed by atoms with Gasteiger partial charge in [0.2, 0.25) is 0 Å². The van der Waals surface area contributed by atoms with E-state index in [1.807, 2.05) is 6.92 Å². The number of allylic oxidation sites excluding steroid dienone is 2. The Kier molecular flexibility index (Phi) is 26.7. The number of piperidine rings is 1. The second kappa shape index (κ2) is 28.4. The summed E-state index contributed by atoms with van der Waals surface area (Å²) in [5.74, 6) is 1.04. The minimum Gasteiger partial charge on any atom is -0.372 e. The molecule has 258 valence electrons. The molecular formula is C45H73N. The van der Waals surface area contributed by atoms with Crippen LogP contribution in [0.5, 0.6) is 0 Å². The van der Waals surface area contributed by atoms with Gasteiger partial charge in [-0.1, -0.05) is 158 Å². The van der Waals surface area contributed by atoms with Gasteiger partial charge >= 0.3 is 0 Å². The molecule has 0 unspecified atom stereocenters. The molecule has 2 aliphatic rings. The number of aryl methyl sites for hydroxylation is 3. The van der Waals surface area contributed by atoms with Crippen LogP contribution in [0.1, 0.15) is 142 Å². The number of hydrogen-bond acceptors (Lipinski definition) is 1. The van der Waals surface area contributed by atoms with Gasteiger partial charge in [-0.05, 0) is 99.7 Å². The Morgan fingerprint density at radius 2 is 1.13 bits per heavy atom. The molecule has 0 aromatic heterocycles. The molecule has 1 aliphatic carbocycles. The third-order valence-corrected chi connectivity index (χ3v) is 8.72. The van der Waals surface area contributed by atoms with Crippen LogP contribution in [0.3, 0.4) is 0 Å². The Labute approximate surface area is 287 Å². The van der Waals surface area contributed by atoms with E-state index in [4.69, 9.17) is 0 Å². The lowest BCUT2D eigenvalue weighted by Crippen LogP contribution is -2.29. The maximum atomic E-state index is 3.79. The maximum Gasteiger partial charge on any atom is 0.0366 e. The molecular weight excluding hydrogens is 555 g/mol. The lowest BCUT2D eigenvalue weighted by molar-refractivity contribution is 0.385. The molecule has 0 N–H and O–H groups in total. The Hall–Kier alpha value is -2.80. The van der Waals surface area contributed by atoms with E-state index >= 15 is 0 Å². The fraction of sp³-hybridized carbons (Fsp3) is 0.556. The first-order chi connectivity index (χ1) is 22.2. The smallest absolute Gasteiger partial charge is 0.0366 e. The largest absolute Gasteiger partial charge is 0.372 e. The molecule has 0 radical (unpaired) electrons. The van der Waals surface area contributed by atoms with Crippen LogP contribution < -0.4 is 4.90 Å². The summed E-state index contributed by atoms with van der Waals surface area (Å²) >= 11 is 0. The Morgan fingerprint density at radius 3 is 1.46 bits per heavy atom. The Balaban J connectivity index is 0.000000565. The zero-order chi connectivity index (χ0) is 34.6. The molecule has 0 amide bonds. The molecule has 0 bridgehead atoms. The summed E-state index contributed by atoms with van der Waals surface area (Å²) in [7, 11) is 0. The predicted molar refractivity (Wildman–Crippen MR) is 214 cm³/mol. The van der Waals surface area contributed by atoms with Crippen LogP contribution in [0.2, 0.25) is 0 Å². The highest BCUT2D eigenvalue weighted by molar-refractivity contribution is 5.88. The normalized spacial score (nSPS) is 13.8. The molecule has 5 rings (SSSR count). The molecule has 0 spiro atoms. The van der Waals surface area contributed by atoms with Crippen LogP contribution >= 0.6 is 0 Å². The van der Waals surface area contributed by atoms with Crippen molar-refractivity contribution in [2.45, 2.75) is 146 Å². The molecule has 1 heteroatoms. The molecule has 1 heterocycles. The summed E-state index contributed by atoms with van der Waals surface area (Å²) in [6.07, 6.45) is 19.6. The van der Waals surface area contributed by atoms with E-state index in [9.17, 15) is 0 Å². The summed E-state index contributed by atoms with van der Waals surface area (Å²) in [6.45, 7) is 29.0. The molecule has 0 atom stereocenters. The second-order valence-corrected chi connectivity index (χ2v) is 13.1. The van der Waals surface area contributed by atoms with Gasteiger partial charge < -0.3 is 4.90 Å². The Bertz CT molecular complexity index is 1090. The van der Waals surface area contributed by atoms with Crippen molar-refractivity contribution in [3.05, 3.63) is 102 Å². The first-order valence-electron chi connectivity index (χ1n) is 18.7. The first-order valence-corrected chi connectivity index (χ1v) is 18.7. The van der Waals surface area contributed by atoms with Crippen molar-refractivity contribution >= 4 is 16.5 Å². The molecule has 3 aromatic carbocycles. The summed E-state index contributed by atoms with van der Waals surface area (Å²) in [5, 5.41) is 2.75. The van der Waals surface area contributed by atoms with Gasteiger partial charge in [0.15, 0.2) is 0 Å².